The number of hydrogen-bond acceptors (Lipinski definition) is 4. The molecule has 0 radical (unpaired) electrons. The van der Waals surface area contributed by atoms with E-state index in [0.717, 1.165) is 11.1 Å². The third-order valence-electron chi connectivity index (χ3n) is 3.91. The van der Waals surface area contributed by atoms with Crippen LogP contribution in [0.15, 0.2) is 72.8 Å². The van der Waals surface area contributed by atoms with E-state index in [0.29, 0.717) is 25.7 Å². The van der Waals surface area contributed by atoms with Gasteiger partial charge in [-0.15, -0.1) is 0 Å². The maximum atomic E-state index is 11.7. The molecule has 0 saturated heterocycles. The van der Waals surface area contributed by atoms with Crippen LogP contribution in [0.3, 0.4) is 0 Å². The highest BCUT2D eigenvalue weighted by molar-refractivity contribution is 5.71. The van der Waals surface area contributed by atoms with E-state index < -0.39 is 0 Å². The standard InChI is InChI=1S/C24H26O4/c25-23(27-19-9-15-21-11-3-1-4-12-21)17-7-8-18-24(26)28-20-10-16-22-13-5-2-6-14-22/h1-6,9-16H,7-8,17-20H2/b15-9+,16-10+. The summed E-state index contributed by atoms with van der Waals surface area (Å²) in [5.74, 6) is -0.506. The summed E-state index contributed by atoms with van der Waals surface area (Å²) in [6.07, 6.45) is 9.28. The highest BCUT2D eigenvalue weighted by Gasteiger charge is 2.05. The summed E-state index contributed by atoms with van der Waals surface area (Å²) in [7, 11) is 0. The van der Waals surface area contributed by atoms with Crippen LogP contribution >= 0.6 is 0 Å². The lowest BCUT2D eigenvalue weighted by molar-refractivity contribution is -0.144. The zero-order chi connectivity index (χ0) is 19.9. The summed E-state index contributed by atoms with van der Waals surface area (Å²) in [5, 5.41) is 0. The van der Waals surface area contributed by atoms with E-state index in [1.807, 2.05) is 85.0 Å². The number of unbranched alkanes of at least 4 members (excludes halogenated alkanes) is 1. The van der Waals surface area contributed by atoms with Crippen molar-refractivity contribution in [2.24, 2.45) is 0 Å². The predicted molar refractivity (Wildman–Crippen MR) is 111 cm³/mol. The highest BCUT2D eigenvalue weighted by Crippen LogP contribution is 2.05. The van der Waals surface area contributed by atoms with Crippen molar-refractivity contribution in [1.29, 1.82) is 0 Å². The molecule has 0 saturated carbocycles. The van der Waals surface area contributed by atoms with E-state index in [1.54, 1.807) is 0 Å². The number of carbonyl (C=O) groups is 2. The highest BCUT2D eigenvalue weighted by atomic mass is 16.5. The van der Waals surface area contributed by atoms with E-state index >= 15 is 0 Å². The van der Waals surface area contributed by atoms with Gasteiger partial charge >= 0.3 is 11.9 Å². The molecule has 0 N–H and O–H groups in total. The minimum absolute atomic E-state index is 0.253. The van der Waals surface area contributed by atoms with Crippen LogP contribution in [0.1, 0.15) is 36.8 Å². The quantitative estimate of drug-likeness (QED) is 0.405. The molecule has 0 bridgehead atoms. The molecule has 0 unspecified atom stereocenters. The smallest absolute Gasteiger partial charge is 0.306 e. The Morgan fingerprint density at radius 2 is 1.04 bits per heavy atom. The molecule has 2 aromatic carbocycles. The fraction of sp³-hybridized carbons (Fsp3) is 0.250. The van der Waals surface area contributed by atoms with Gasteiger partial charge in [-0.3, -0.25) is 9.59 Å². The Hall–Kier alpha value is -3.14. The summed E-state index contributed by atoms with van der Waals surface area (Å²) < 4.78 is 10.3. The van der Waals surface area contributed by atoms with Crippen LogP contribution in [0.4, 0.5) is 0 Å². The zero-order valence-corrected chi connectivity index (χ0v) is 16.0. The number of hydrogen-bond donors (Lipinski definition) is 0. The molecule has 0 fully saturated rings. The first-order valence-corrected chi connectivity index (χ1v) is 9.48. The van der Waals surface area contributed by atoms with Crippen LogP contribution in [0.5, 0.6) is 0 Å². The van der Waals surface area contributed by atoms with E-state index in [9.17, 15) is 9.59 Å². The molecule has 0 aliphatic rings. The van der Waals surface area contributed by atoms with Gasteiger partial charge in [-0.1, -0.05) is 72.8 Å². The molecule has 0 atom stereocenters. The van der Waals surface area contributed by atoms with Crippen LogP contribution in [0, 0.1) is 0 Å². The van der Waals surface area contributed by atoms with Gasteiger partial charge in [0.05, 0.1) is 0 Å². The maximum absolute atomic E-state index is 11.7. The van der Waals surface area contributed by atoms with Gasteiger partial charge in [0.25, 0.3) is 0 Å². The Kier molecular flexibility index (Phi) is 9.90. The van der Waals surface area contributed by atoms with E-state index in [-0.39, 0.29) is 25.2 Å². The van der Waals surface area contributed by atoms with Crippen molar-refractivity contribution in [3.63, 3.8) is 0 Å². The molecule has 4 heteroatoms. The Morgan fingerprint density at radius 1 is 0.643 bits per heavy atom. The first-order valence-electron chi connectivity index (χ1n) is 9.48. The average Bonchev–Trinajstić information content (AvgIpc) is 2.73. The minimum atomic E-state index is -0.253. The van der Waals surface area contributed by atoms with Gasteiger partial charge in [0.1, 0.15) is 13.2 Å². The number of carbonyl (C=O) groups excluding carboxylic acids is 2. The molecule has 0 spiro atoms. The second-order valence-electron chi connectivity index (χ2n) is 6.20. The topological polar surface area (TPSA) is 52.6 Å². The molecule has 2 rings (SSSR count). The maximum Gasteiger partial charge on any atom is 0.306 e. The molecule has 28 heavy (non-hydrogen) atoms. The van der Waals surface area contributed by atoms with Crippen LogP contribution in [0.25, 0.3) is 12.2 Å². The van der Waals surface area contributed by atoms with Gasteiger partial charge < -0.3 is 9.47 Å². The van der Waals surface area contributed by atoms with Crippen LogP contribution in [0.2, 0.25) is 0 Å². The van der Waals surface area contributed by atoms with Gasteiger partial charge in [-0.25, -0.2) is 0 Å². The molecule has 0 heterocycles. The third kappa shape index (κ3) is 9.53. The fourth-order valence-corrected chi connectivity index (χ4v) is 2.46. The SMILES string of the molecule is O=C(CCCCC(=O)OC/C=C/c1ccccc1)OC/C=C/c1ccccc1. The van der Waals surface area contributed by atoms with Crippen molar-refractivity contribution >= 4 is 24.1 Å². The number of ether oxygens (including phenoxy) is 2. The van der Waals surface area contributed by atoms with Crippen molar-refractivity contribution in [1.82, 2.24) is 0 Å². The lowest BCUT2D eigenvalue weighted by Gasteiger charge is -2.03. The molecular formula is C24H26O4. The molecule has 0 aliphatic carbocycles. The summed E-state index contributed by atoms with van der Waals surface area (Å²) in [5.41, 5.74) is 2.13. The number of rotatable bonds is 11. The normalized spacial score (nSPS) is 11.0. The van der Waals surface area contributed by atoms with Crippen molar-refractivity contribution in [2.75, 3.05) is 13.2 Å². The van der Waals surface area contributed by atoms with Gasteiger partial charge in [-0.2, -0.15) is 0 Å². The summed E-state index contributed by atoms with van der Waals surface area (Å²) in [4.78, 5) is 23.3. The minimum Gasteiger partial charge on any atom is -0.461 e. The van der Waals surface area contributed by atoms with Crippen molar-refractivity contribution < 1.29 is 19.1 Å². The zero-order valence-electron chi connectivity index (χ0n) is 16.0. The van der Waals surface area contributed by atoms with Gasteiger partial charge in [-0.05, 0) is 36.1 Å². The average molecular weight is 378 g/mol. The number of esters is 2. The van der Waals surface area contributed by atoms with Crippen molar-refractivity contribution in [3.05, 3.63) is 83.9 Å². The lowest BCUT2D eigenvalue weighted by Crippen LogP contribution is -2.06. The molecular weight excluding hydrogens is 352 g/mol. The predicted octanol–water partition coefficient (Wildman–Crippen LogP) is 5.06. The Balaban J connectivity index is 1.48. The van der Waals surface area contributed by atoms with E-state index in [1.165, 1.54) is 0 Å². The van der Waals surface area contributed by atoms with E-state index in [2.05, 4.69) is 0 Å². The largest absolute Gasteiger partial charge is 0.461 e. The molecule has 4 nitrogen and oxygen atoms in total. The van der Waals surface area contributed by atoms with Gasteiger partial charge in [0.2, 0.25) is 0 Å². The van der Waals surface area contributed by atoms with Crippen LogP contribution < -0.4 is 0 Å². The van der Waals surface area contributed by atoms with Crippen molar-refractivity contribution in [3.8, 4) is 0 Å². The Labute approximate surface area is 166 Å². The third-order valence-corrected chi connectivity index (χ3v) is 3.91. The second-order valence-corrected chi connectivity index (χ2v) is 6.20. The molecule has 2 aromatic rings. The van der Waals surface area contributed by atoms with Crippen LogP contribution in [-0.4, -0.2) is 25.2 Å². The summed E-state index contributed by atoms with van der Waals surface area (Å²) in [6, 6.07) is 19.6. The number of benzene rings is 2. The molecule has 0 amide bonds. The van der Waals surface area contributed by atoms with Gasteiger partial charge in [0, 0.05) is 12.8 Å². The molecule has 146 valence electrons. The van der Waals surface area contributed by atoms with Crippen molar-refractivity contribution in [2.45, 2.75) is 25.7 Å². The first-order chi connectivity index (χ1) is 13.7. The van der Waals surface area contributed by atoms with Crippen LogP contribution in [-0.2, 0) is 19.1 Å². The molecule has 0 aromatic heterocycles. The summed E-state index contributed by atoms with van der Waals surface area (Å²) in [6.45, 7) is 0.507. The molecule has 0 aliphatic heterocycles. The monoisotopic (exact) mass is 378 g/mol. The lowest BCUT2D eigenvalue weighted by atomic mass is 10.2. The second kappa shape index (κ2) is 13.1. The fourth-order valence-electron chi connectivity index (χ4n) is 2.46. The Bertz CT molecular complexity index is 696. The first kappa shape index (κ1) is 21.2. The summed E-state index contributed by atoms with van der Waals surface area (Å²) >= 11 is 0. The van der Waals surface area contributed by atoms with E-state index in [4.69, 9.17) is 9.47 Å². The Morgan fingerprint density at radius 3 is 1.43 bits per heavy atom. The van der Waals surface area contributed by atoms with Gasteiger partial charge in [0.15, 0.2) is 0 Å².